The van der Waals surface area contributed by atoms with Crippen LogP contribution in [0, 0.1) is 0 Å². The lowest BCUT2D eigenvalue weighted by atomic mass is 10.1. The van der Waals surface area contributed by atoms with Gasteiger partial charge in [-0.1, -0.05) is 12.1 Å². The Bertz CT molecular complexity index is 862. The number of Topliss-reactive ketones (excluding diaryl/α,β-unsaturated/α-hetero) is 1. The summed E-state index contributed by atoms with van der Waals surface area (Å²) in [6.07, 6.45) is 0.927. The first-order valence-electron chi connectivity index (χ1n) is 8.96. The molecule has 6 nitrogen and oxygen atoms in total. The number of hydrogen-bond acceptors (Lipinski definition) is 5. The molecule has 2 aromatic carbocycles. The molecule has 1 unspecified atom stereocenters. The highest BCUT2D eigenvalue weighted by Crippen LogP contribution is 2.38. The van der Waals surface area contributed by atoms with Gasteiger partial charge < -0.3 is 19.5 Å². The monoisotopic (exact) mass is 369 g/mol. The Hall–Kier alpha value is -3.02. The molecule has 1 aliphatic rings. The normalized spacial score (nSPS) is 14.9. The fraction of sp³-hybridized carbons (Fsp3) is 0.333. The summed E-state index contributed by atoms with van der Waals surface area (Å²) in [5, 5.41) is 2.81. The van der Waals surface area contributed by atoms with Crippen LogP contribution in [-0.4, -0.2) is 31.0 Å². The molecule has 0 saturated heterocycles. The molecule has 0 saturated carbocycles. The number of nitrogens with one attached hydrogen (secondary N) is 1. The standard InChI is InChI=1S/C21H23NO5/c1-4-25-20-10-16-8-13(2)27-19(16)11-18(20)22-21(24)12-26-17-7-5-6-15(9-17)14(3)23/h5-7,9-11,13H,4,8,12H2,1-3H3,(H,22,24). The molecule has 0 aliphatic carbocycles. The highest BCUT2D eigenvalue weighted by atomic mass is 16.5. The highest BCUT2D eigenvalue weighted by molar-refractivity contribution is 5.95. The zero-order valence-corrected chi connectivity index (χ0v) is 15.7. The molecule has 1 N–H and O–H groups in total. The van der Waals surface area contributed by atoms with Gasteiger partial charge in [0.1, 0.15) is 23.4 Å². The number of ether oxygens (including phenoxy) is 3. The van der Waals surface area contributed by atoms with Crippen LogP contribution >= 0.6 is 0 Å². The van der Waals surface area contributed by atoms with E-state index in [1.54, 1.807) is 30.3 Å². The summed E-state index contributed by atoms with van der Waals surface area (Å²) >= 11 is 0. The van der Waals surface area contributed by atoms with Gasteiger partial charge in [0.25, 0.3) is 5.91 Å². The van der Waals surface area contributed by atoms with Crippen molar-refractivity contribution >= 4 is 17.4 Å². The summed E-state index contributed by atoms with van der Waals surface area (Å²) in [5.74, 6) is 1.46. The maximum Gasteiger partial charge on any atom is 0.262 e. The average Bonchev–Trinajstić information content (AvgIpc) is 2.99. The van der Waals surface area contributed by atoms with Gasteiger partial charge in [0.15, 0.2) is 12.4 Å². The summed E-state index contributed by atoms with van der Waals surface area (Å²) < 4.78 is 16.9. The Labute approximate surface area is 158 Å². The second-order valence-corrected chi connectivity index (χ2v) is 6.44. The fourth-order valence-electron chi connectivity index (χ4n) is 2.95. The van der Waals surface area contributed by atoms with Gasteiger partial charge in [0.2, 0.25) is 0 Å². The Morgan fingerprint density at radius 1 is 1.22 bits per heavy atom. The van der Waals surface area contributed by atoms with E-state index < -0.39 is 0 Å². The van der Waals surface area contributed by atoms with Crippen LogP contribution in [-0.2, 0) is 11.2 Å². The Morgan fingerprint density at radius 2 is 2.04 bits per heavy atom. The van der Waals surface area contributed by atoms with Crippen molar-refractivity contribution in [1.29, 1.82) is 0 Å². The molecular formula is C21H23NO5. The molecule has 0 radical (unpaired) electrons. The van der Waals surface area contributed by atoms with E-state index in [9.17, 15) is 9.59 Å². The van der Waals surface area contributed by atoms with Crippen LogP contribution in [0.5, 0.6) is 17.2 Å². The number of ketones is 1. The van der Waals surface area contributed by atoms with Gasteiger partial charge in [-0.05, 0) is 39.0 Å². The van der Waals surface area contributed by atoms with Crippen molar-refractivity contribution in [2.75, 3.05) is 18.5 Å². The number of rotatable bonds is 7. The van der Waals surface area contributed by atoms with Crippen LogP contribution in [0.1, 0.15) is 36.7 Å². The number of carbonyl (C=O) groups is 2. The molecule has 3 rings (SSSR count). The lowest BCUT2D eigenvalue weighted by molar-refractivity contribution is -0.118. The topological polar surface area (TPSA) is 73.9 Å². The number of amides is 1. The average molecular weight is 369 g/mol. The van der Waals surface area contributed by atoms with E-state index in [1.807, 2.05) is 19.9 Å². The zero-order valence-electron chi connectivity index (χ0n) is 15.7. The van der Waals surface area contributed by atoms with Crippen molar-refractivity contribution in [2.45, 2.75) is 33.3 Å². The molecule has 142 valence electrons. The van der Waals surface area contributed by atoms with E-state index in [4.69, 9.17) is 14.2 Å². The van der Waals surface area contributed by atoms with Crippen molar-refractivity contribution in [3.63, 3.8) is 0 Å². The Balaban J connectivity index is 1.68. The predicted molar refractivity (Wildman–Crippen MR) is 102 cm³/mol. The number of hydrogen-bond donors (Lipinski definition) is 1. The Kier molecular flexibility index (Phi) is 5.64. The smallest absolute Gasteiger partial charge is 0.262 e. The first kappa shape index (κ1) is 18.8. The molecule has 1 amide bonds. The molecule has 27 heavy (non-hydrogen) atoms. The van der Waals surface area contributed by atoms with E-state index in [0.29, 0.717) is 29.4 Å². The SMILES string of the molecule is CCOc1cc2c(cc1NC(=O)COc1cccc(C(C)=O)c1)OC(C)C2. The molecule has 0 aromatic heterocycles. The fourth-order valence-corrected chi connectivity index (χ4v) is 2.95. The minimum Gasteiger partial charge on any atom is -0.492 e. The Morgan fingerprint density at radius 3 is 2.78 bits per heavy atom. The van der Waals surface area contributed by atoms with Gasteiger partial charge in [0.05, 0.1) is 12.3 Å². The van der Waals surface area contributed by atoms with Crippen molar-refractivity contribution in [2.24, 2.45) is 0 Å². The van der Waals surface area contributed by atoms with Crippen LogP contribution in [0.3, 0.4) is 0 Å². The van der Waals surface area contributed by atoms with Gasteiger partial charge in [0, 0.05) is 23.6 Å². The van der Waals surface area contributed by atoms with Gasteiger partial charge in [-0.3, -0.25) is 9.59 Å². The zero-order chi connectivity index (χ0) is 19.4. The number of anilines is 1. The quantitative estimate of drug-likeness (QED) is 0.755. The third kappa shape index (κ3) is 4.58. The molecule has 6 heteroatoms. The predicted octanol–water partition coefficient (Wildman–Crippen LogP) is 3.63. The molecule has 1 heterocycles. The second kappa shape index (κ2) is 8.12. The maximum absolute atomic E-state index is 12.3. The van der Waals surface area contributed by atoms with Crippen LogP contribution in [0.25, 0.3) is 0 Å². The van der Waals surface area contributed by atoms with Crippen molar-refractivity contribution in [1.82, 2.24) is 0 Å². The molecule has 0 spiro atoms. The molecule has 0 bridgehead atoms. The number of benzene rings is 2. The summed E-state index contributed by atoms with van der Waals surface area (Å²) in [7, 11) is 0. The van der Waals surface area contributed by atoms with E-state index in [0.717, 1.165) is 17.7 Å². The third-order valence-electron chi connectivity index (χ3n) is 4.18. The summed E-state index contributed by atoms with van der Waals surface area (Å²) in [6.45, 7) is 5.69. The largest absolute Gasteiger partial charge is 0.492 e. The molecule has 1 aliphatic heterocycles. The second-order valence-electron chi connectivity index (χ2n) is 6.44. The first-order valence-corrected chi connectivity index (χ1v) is 8.96. The van der Waals surface area contributed by atoms with Gasteiger partial charge in [-0.15, -0.1) is 0 Å². The van der Waals surface area contributed by atoms with Crippen LogP contribution < -0.4 is 19.5 Å². The first-order chi connectivity index (χ1) is 13.0. The van der Waals surface area contributed by atoms with Gasteiger partial charge >= 0.3 is 0 Å². The highest BCUT2D eigenvalue weighted by Gasteiger charge is 2.22. The lowest BCUT2D eigenvalue weighted by Gasteiger charge is -2.14. The number of fused-ring (bicyclic) bond motifs is 1. The van der Waals surface area contributed by atoms with E-state index in [2.05, 4.69) is 5.32 Å². The molecular weight excluding hydrogens is 346 g/mol. The minimum atomic E-state index is -0.324. The maximum atomic E-state index is 12.3. The van der Waals surface area contributed by atoms with Gasteiger partial charge in [-0.25, -0.2) is 0 Å². The van der Waals surface area contributed by atoms with E-state index in [1.165, 1.54) is 6.92 Å². The summed E-state index contributed by atoms with van der Waals surface area (Å²) in [5.41, 5.74) is 2.16. The van der Waals surface area contributed by atoms with Crippen LogP contribution in [0.15, 0.2) is 36.4 Å². The van der Waals surface area contributed by atoms with Crippen molar-refractivity contribution < 1.29 is 23.8 Å². The minimum absolute atomic E-state index is 0.0568. The summed E-state index contributed by atoms with van der Waals surface area (Å²) in [6, 6.07) is 10.4. The molecule has 2 aromatic rings. The van der Waals surface area contributed by atoms with Gasteiger partial charge in [-0.2, -0.15) is 0 Å². The lowest BCUT2D eigenvalue weighted by Crippen LogP contribution is -2.20. The summed E-state index contributed by atoms with van der Waals surface area (Å²) in [4.78, 5) is 23.8. The van der Waals surface area contributed by atoms with E-state index in [-0.39, 0.29) is 24.4 Å². The van der Waals surface area contributed by atoms with Crippen LogP contribution in [0.4, 0.5) is 5.69 Å². The van der Waals surface area contributed by atoms with Crippen molar-refractivity contribution in [3.8, 4) is 17.2 Å². The number of carbonyl (C=O) groups excluding carboxylic acids is 2. The van der Waals surface area contributed by atoms with Crippen LogP contribution in [0.2, 0.25) is 0 Å². The molecule has 1 atom stereocenters. The van der Waals surface area contributed by atoms with E-state index >= 15 is 0 Å². The van der Waals surface area contributed by atoms with Crippen molar-refractivity contribution in [3.05, 3.63) is 47.5 Å². The third-order valence-corrected chi connectivity index (χ3v) is 4.18. The molecule has 0 fully saturated rings.